The molecule has 2 aromatic heterocycles. The molecule has 1 N–H and O–H groups in total. The highest BCUT2D eigenvalue weighted by Crippen LogP contribution is 2.34. The zero-order valence-electron chi connectivity index (χ0n) is 17.0. The lowest BCUT2D eigenvalue weighted by molar-refractivity contribution is 0.00980. The fraction of sp³-hybridized carbons (Fsp3) is 0.409. The fourth-order valence-corrected chi connectivity index (χ4v) is 3.96. The predicted molar refractivity (Wildman–Crippen MR) is 111 cm³/mol. The normalized spacial score (nSPS) is 19.3. The molecule has 0 radical (unpaired) electrons. The lowest BCUT2D eigenvalue weighted by atomic mass is 9.96. The number of carbonyl (C=O) groups excluding carboxylic acids is 1. The molecule has 0 amide bonds. The number of hydrogen-bond donors (Lipinski definition) is 1. The highest BCUT2D eigenvalue weighted by atomic mass is 16.5. The minimum atomic E-state index is -0.376. The minimum absolute atomic E-state index is 0.0285. The number of pyridine rings is 1. The first kappa shape index (κ1) is 19.4. The van der Waals surface area contributed by atoms with Gasteiger partial charge in [-0.25, -0.2) is 9.78 Å². The largest absolute Gasteiger partial charge is 0.462 e. The van der Waals surface area contributed by atoms with E-state index in [0.29, 0.717) is 18.8 Å². The Hall–Kier alpha value is -2.93. The van der Waals surface area contributed by atoms with Gasteiger partial charge in [-0.2, -0.15) is 5.10 Å². The second-order valence-corrected chi connectivity index (χ2v) is 7.31. The van der Waals surface area contributed by atoms with Gasteiger partial charge in [0.15, 0.2) is 5.65 Å². The summed E-state index contributed by atoms with van der Waals surface area (Å²) >= 11 is 0. The smallest absolute Gasteiger partial charge is 0.341 e. The van der Waals surface area contributed by atoms with Gasteiger partial charge in [-0.3, -0.25) is 4.68 Å². The molecular weight excluding hydrogens is 368 g/mol. The average Bonchev–Trinajstić information content (AvgIpc) is 3.03. The Bertz CT molecular complexity index is 1020. The standard InChI is InChI=1S/C22H26N4O3/c1-4-28-22(27)17-13-23-21-19(14(2)25-26(21)3)20(17)24-16-10-11-29-18(12-16)15-8-6-5-7-9-15/h5-9,13,16,18H,4,10-12H2,1-3H3,(H,23,24). The molecule has 7 heteroatoms. The van der Waals surface area contributed by atoms with Crippen LogP contribution in [0.2, 0.25) is 0 Å². The Labute approximate surface area is 170 Å². The van der Waals surface area contributed by atoms with Gasteiger partial charge in [-0.05, 0) is 32.3 Å². The summed E-state index contributed by atoms with van der Waals surface area (Å²) in [6.07, 6.45) is 3.28. The summed E-state index contributed by atoms with van der Waals surface area (Å²) in [6, 6.07) is 10.4. The monoisotopic (exact) mass is 394 g/mol. The van der Waals surface area contributed by atoms with Crippen molar-refractivity contribution in [3.8, 4) is 0 Å². The Morgan fingerprint density at radius 1 is 1.34 bits per heavy atom. The first-order valence-electron chi connectivity index (χ1n) is 10.0. The van der Waals surface area contributed by atoms with E-state index in [2.05, 4.69) is 27.5 Å². The molecule has 1 fully saturated rings. The van der Waals surface area contributed by atoms with Gasteiger partial charge in [-0.1, -0.05) is 30.3 Å². The number of esters is 1. The van der Waals surface area contributed by atoms with Gasteiger partial charge in [0, 0.05) is 25.9 Å². The third-order valence-corrected chi connectivity index (χ3v) is 5.33. The van der Waals surface area contributed by atoms with Gasteiger partial charge < -0.3 is 14.8 Å². The third-order valence-electron chi connectivity index (χ3n) is 5.33. The van der Waals surface area contributed by atoms with E-state index >= 15 is 0 Å². The van der Waals surface area contributed by atoms with E-state index in [-0.39, 0.29) is 18.1 Å². The van der Waals surface area contributed by atoms with Gasteiger partial charge in [0.05, 0.1) is 29.5 Å². The molecule has 0 saturated carbocycles. The molecule has 1 saturated heterocycles. The van der Waals surface area contributed by atoms with Crippen LogP contribution in [0.3, 0.4) is 0 Å². The van der Waals surface area contributed by atoms with Gasteiger partial charge >= 0.3 is 5.97 Å². The molecule has 1 aliphatic rings. The van der Waals surface area contributed by atoms with E-state index < -0.39 is 0 Å². The predicted octanol–water partition coefficient (Wildman–Crippen LogP) is 3.79. The average molecular weight is 394 g/mol. The number of rotatable bonds is 5. The number of anilines is 1. The second-order valence-electron chi connectivity index (χ2n) is 7.31. The molecular formula is C22H26N4O3. The van der Waals surface area contributed by atoms with Crippen LogP contribution < -0.4 is 5.32 Å². The lowest BCUT2D eigenvalue weighted by Crippen LogP contribution is -2.31. The number of ether oxygens (including phenoxy) is 2. The highest BCUT2D eigenvalue weighted by Gasteiger charge is 2.27. The van der Waals surface area contributed by atoms with E-state index in [9.17, 15) is 4.79 Å². The molecule has 1 aliphatic heterocycles. The quantitative estimate of drug-likeness (QED) is 0.664. The summed E-state index contributed by atoms with van der Waals surface area (Å²) in [5, 5.41) is 8.96. The van der Waals surface area contributed by atoms with Crippen LogP contribution in [0.4, 0.5) is 5.69 Å². The molecule has 4 rings (SSSR count). The molecule has 3 aromatic rings. The highest BCUT2D eigenvalue weighted by molar-refractivity contribution is 6.05. The molecule has 3 heterocycles. The van der Waals surface area contributed by atoms with Gasteiger partial charge in [0.1, 0.15) is 5.56 Å². The van der Waals surface area contributed by atoms with E-state index in [1.165, 1.54) is 5.56 Å². The molecule has 0 spiro atoms. The van der Waals surface area contributed by atoms with Crippen LogP contribution in [0.1, 0.15) is 47.5 Å². The van der Waals surface area contributed by atoms with Gasteiger partial charge in [0.25, 0.3) is 0 Å². The fourth-order valence-electron chi connectivity index (χ4n) is 3.96. The summed E-state index contributed by atoms with van der Waals surface area (Å²) in [5.74, 6) is -0.376. The Morgan fingerprint density at radius 3 is 2.90 bits per heavy atom. The van der Waals surface area contributed by atoms with Crippen molar-refractivity contribution < 1.29 is 14.3 Å². The number of fused-ring (bicyclic) bond motifs is 1. The molecule has 1 aromatic carbocycles. The summed E-state index contributed by atoms with van der Waals surface area (Å²) in [4.78, 5) is 17.1. The van der Waals surface area contributed by atoms with Crippen LogP contribution in [0.25, 0.3) is 11.0 Å². The molecule has 0 bridgehead atoms. The van der Waals surface area contributed by atoms with Crippen LogP contribution in [0.5, 0.6) is 0 Å². The number of nitrogens with zero attached hydrogens (tertiary/aromatic N) is 3. The van der Waals surface area contributed by atoms with Crippen molar-refractivity contribution in [2.75, 3.05) is 18.5 Å². The minimum Gasteiger partial charge on any atom is -0.462 e. The van der Waals surface area contributed by atoms with Crippen LogP contribution in [0, 0.1) is 6.92 Å². The van der Waals surface area contributed by atoms with Gasteiger partial charge in [0.2, 0.25) is 0 Å². The van der Waals surface area contributed by atoms with Crippen molar-refractivity contribution in [1.29, 1.82) is 0 Å². The summed E-state index contributed by atoms with van der Waals surface area (Å²) in [6.45, 7) is 4.71. The molecule has 2 unspecified atom stereocenters. The van der Waals surface area contributed by atoms with E-state index in [4.69, 9.17) is 9.47 Å². The number of aryl methyl sites for hydroxylation is 2. The molecule has 29 heavy (non-hydrogen) atoms. The number of benzene rings is 1. The maximum Gasteiger partial charge on any atom is 0.341 e. The van der Waals surface area contributed by atoms with Crippen molar-refractivity contribution >= 4 is 22.7 Å². The maximum atomic E-state index is 12.6. The first-order valence-corrected chi connectivity index (χ1v) is 10.0. The lowest BCUT2D eigenvalue weighted by Gasteiger charge is -2.31. The van der Waals surface area contributed by atoms with E-state index in [1.54, 1.807) is 17.8 Å². The van der Waals surface area contributed by atoms with Crippen molar-refractivity contribution in [2.24, 2.45) is 7.05 Å². The van der Waals surface area contributed by atoms with Crippen molar-refractivity contribution in [1.82, 2.24) is 14.8 Å². The zero-order chi connectivity index (χ0) is 20.4. The van der Waals surface area contributed by atoms with E-state index in [1.807, 2.05) is 32.2 Å². The maximum absolute atomic E-state index is 12.6. The van der Waals surface area contributed by atoms with Crippen LogP contribution in [0.15, 0.2) is 36.5 Å². The SMILES string of the molecule is CCOC(=O)c1cnc2c(c(C)nn2C)c1NC1CCOC(c2ccccc2)C1. The summed E-state index contributed by atoms with van der Waals surface area (Å²) in [5.41, 5.74) is 3.93. The second kappa shape index (κ2) is 8.21. The molecule has 7 nitrogen and oxygen atoms in total. The number of nitrogens with one attached hydrogen (secondary N) is 1. The number of hydrogen-bond acceptors (Lipinski definition) is 6. The third kappa shape index (κ3) is 3.82. The number of carbonyl (C=O) groups is 1. The van der Waals surface area contributed by atoms with Crippen molar-refractivity contribution in [2.45, 2.75) is 38.8 Å². The van der Waals surface area contributed by atoms with Crippen LogP contribution in [-0.2, 0) is 16.5 Å². The molecule has 152 valence electrons. The van der Waals surface area contributed by atoms with E-state index in [0.717, 1.165) is 35.3 Å². The van der Waals surface area contributed by atoms with Gasteiger partial charge in [-0.15, -0.1) is 0 Å². The molecule has 0 aliphatic carbocycles. The summed E-state index contributed by atoms with van der Waals surface area (Å²) < 4.78 is 13.0. The van der Waals surface area contributed by atoms with Crippen LogP contribution in [-0.4, -0.2) is 40.0 Å². The Kier molecular flexibility index (Phi) is 5.49. The topological polar surface area (TPSA) is 78.3 Å². The first-order chi connectivity index (χ1) is 14.1. The molecule has 2 atom stereocenters. The zero-order valence-corrected chi connectivity index (χ0v) is 17.0. The van der Waals surface area contributed by atoms with Crippen LogP contribution >= 0.6 is 0 Å². The van der Waals surface area contributed by atoms with Crippen molar-refractivity contribution in [3.63, 3.8) is 0 Å². The number of aromatic nitrogens is 3. The van der Waals surface area contributed by atoms with Crippen molar-refractivity contribution in [3.05, 3.63) is 53.3 Å². The Morgan fingerprint density at radius 2 is 2.14 bits per heavy atom. The Balaban J connectivity index is 1.68. The summed E-state index contributed by atoms with van der Waals surface area (Å²) in [7, 11) is 1.86.